The molecular formula is C19H21N3O. The number of hydrogen-bond acceptors (Lipinski definition) is 2. The number of aryl methyl sites for hydroxylation is 1. The first-order chi connectivity index (χ1) is 16.3. The van der Waals surface area contributed by atoms with Crippen molar-refractivity contribution in [2.75, 3.05) is 14.0 Å². The van der Waals surface area contributed by atoms with E-state index in [1.54, 1.807) is 13.0 Å². The topological polar surface area (TPSA) is 37.6 Å². The summed E-state index contributed by atoms with van der Waals surface area (Å²) in [6, 6.07) is 0.123. The van der Waals surface area contributed by atoms with Crippen LogP contribution in [0.5, 0.6) is 0 Å². The number of hydrogen-bond donors (Lipinski definition) is 0. The summed E-state index contributed by atoms with van der Waals surface area (Å²) in [4.78, 5) is 17.1. The predicted molar refractivity (Wildman–Crippen MR) is 92.5 cm³/mol. The summed E-state index contributed by atoms with van der Waals surface area (Å²) in [6.07, 6.45) is 0.702. The second kappa shape index (κ2) is 5.88. The lowest BCUT2D eigenvalue weighted by Gasteiger charge is -2.11. The molecule has 0 saturated carbocycles. The van der Waals surface area contributed by atoms with Gasteiger partial charge in [-0.05, 0) is 25.4 Å². The summed E-state index contributed by atoms with van der Waals surface area (Å²) in [7, 11) is 0. The molecule has 1 amide bonds. The van der Waals surface area contributed by atoms with Gasteiger partial charge in [0.25, 0.3) is 0 Å². The normalized spacial score (nSPS) is 20.8. The minimum atomic E-state index is -3.30. The lowest BCUT2D eigenvalue weighted by atomic mass is 10.1. The third-order valence-corrected chi connectivity index (χ3v) is 3.30. The fraction of sp³-hybridized carbons (Fsp3) is 0.263. The van der Waals surface area contributed by atoms with Crippen molar-refractivity contribution in [3.05, 3.63) is 59.3 Å². The lowest BCUT2D eigenvalue weighted by molar-refractivity contribution is -0.128. The molecule has 23 heavy (non-hydrogen) atoms. The van der Waals surface area contributed by atoms with Crippen molar-refractivity contribution in [1.29, 1.82) is 0 Å². The molecule has 0 saturated heterocycles. The van der Waals surface area contributed by atoms with E-state index in [0.717, 1.165) is 0 Å². The Hall–Kier alpha value is -2.62. The highest BCUT2D eigenvalue weighted by molar-refractivity contribution is 5.81. The minimum Gasteiger partial charge on any atom is -0.348 e. The van der Waals surface area contributed by atoms with Gasteiger partial charge < -0.3 is 9.30 Å². The van der Waals surface area contributed by atoms with Crippen molar-refractivity contribution >= 4 is 11.6 Å². The zero-order valence-electron chi connectivity index (χ0n) is 25.2. The van der Waals surface area contributed by atoms with Crippen molar-refractivity contribution in [1.82, 2.24) is 14.3 Å². The van der Waals surface area contributed by atoms with Gasteiger partial charge in [0.1, 0.15) is 5.65 Å². The minimum absolute atomic E-state index is 0.0837. The van der Waals surface area contributed by atoms with Gasteiger partial charge in [0.05, 0.1) is 23.3 Å². The Morgan fingerprint density at radius 1 is 1.26 bits per heavy atom. The highest BCUT2D eigenvalue weighted by Crippen LogP contribution is 2.26. The largest absolute Gasteiger partial charge is 0.348 e. The molecule has 0 N–H and O–H groups in total. The molecule has 0 atom stereocenters. The van der Waals surface area contributed by atoms with Gasteiger partial charge in [0.2, 0.25) is 5.91 Å². The van der Waals surface area contributed by atoms with E-state index in [-0.39, 0.29) is 21.9 Å². The summed E-state index contributed by atoms with van der Waals surface area (Å²) < 4.78 is 102. The van der Waals surface area contributed by atoms with E-state index in [1.165, 1.54) is 16.7 Å². The zero-order chi connectivity index (χ0) is 27.5. The van der Waals surface area contributed by atoms with Crippen molar-refractivity contribution in [2.24, 2.45) is 0 Å². The molecule has 0 fully saturated rings. The molecule has 0 aliphatic carbocycles. The van der Waals surface area contributed by atoms with E-state index in [4.69, 9.17) is 17.8 Å². The highest BCUT2D eigenvalue weighted by atomic mass is 16.2. The second-order valence-corrected chi connectivity index (χ2v) is 5.00. The third-order valence-electron chi connectivity index (χ3n) is 3.30. The summed E-state index contributed by atoms with van der Waals surface area (Å²) >= 11 is 0. The van der Waals surface area contributed by atoms with Crippen LogP contribution in [0.15, 0.2) is 42.5 Å². The van der Waals surface area contributed by atoms with Crippen LogP contribution in [0.3, 0.4) is 0 Å². The Morgan fingerprint density at radius 2 is 2.04 bits per heavy atom. The Labute approximate surface area is 154 Å². The molecule has 0 radical (unpaired) electrons. The van der Waals surface area contributed by atoms with Crippen molar-refractivity contribution in [3.8, 4) is 11.3 Å². The van der Waals surface area contributed by atoms with Gasteiger partial charge in [-0.1, -0.05) is 35.8 Å². The molecule has 2 aromatic heterocycles. The summed E-state index contributed by atoms with van der Waals surface area (Å²) in [5, 5.41) is 0. The number of fused-ring (bicyclic) bond motifs is 1. The fourth-order valence-electron chi connectivity index (χ4n) is 2.22. The number of pyridine rings is 1. The van der Waals surface area contributed by atoms with Crippen molar-refractivity contribution < 1.29 is 22.6 Å². The first-order valence-corrected chi connectivity index (χ1v) is 6.68. The molecule has 0 aliphatic rings. The summed E-state index contributed by atoms with van der Waals surface area (Å²) in [5.74, 6) is -1.31. The van der Waals surface area contributed by atoms with Crippen LogP contribution < -0.4 is 0 Å². The molecule has 2 heterocycles. The molecule has 0 aliphatic heterocycles. The molecule has 4 nitrogen and oxygen atoms in total. The van der Waals surface area contributed by atoms with Crippen LogP contribution in [0.2, 0.25) is 0 Å². The number of carbonyl (C=O) groups is 1. The number of nitrogens with zero attached hydrogens (tertiary/aromatic N) is 3. The Bertz CT molecular complexity index is 1310. The molecule has 1 aromatic carbocycles. The second-order valence-electron chi connectivity index (χ2n) is 5.00. The van der Waals surface area contributed by atoms with Crippen LogP contribution in [-0.4, -0.2) is 34.1 Å². The molecule has 0 unspecified atom stereocenters. The van der Waals surface area contributed by atoms with Crippen LogP contribution in [0.1, 0.15) is 34.6 Å². The number of rotatable bonds is 3. The van der Waals surface area contributed by atoms with Gasteiger partial charge in [0, 0.05) is 38.0 Å². The quantitative estimate of drug-likeness (QED) is 0.743. The monoisotopic (exact) mass is 320 g/mol. The molecule has 0 bridgehead atoms. The fourth-order valence-corrected chi connectivity index (χ4v) is 2.22. The zero-order valence-corrected chi connectivity index (χ0v) is 12.2. The van der Waals surface area contributed by atoms with E-state index >= 15 is 0 Å². The van der Waals surface area contributed by atoms with Crippen LogP contribution in [0, 0.1) is 13.8 Å². The molecule has 0 spiro atoms. The van der Waals surface area contributed by atoms with E-state index in [0.29, 0.717) is 5.56 Å². The molecule has 3 aromatic rings. The average molecular weight is 320 g/mol. The average Bonchev–Trinajstić information content (AvgIpc) is 3.00. The van der Waals surface area contributed by atoms with Crippen molar-refractivity contribution in [2.45, 2.75) is 20.2 Å². The SMILES string of the molecule is [2H]c1c([2H])c(C([2H])([2H])[2H])c([2H])c([2H])c1-c1nc2ccc(C)cn2c1CC(=O)N(C([2H])([2H])[2H])C([2H])([2H])[2H]. The van der Waals surface area contributed by atoms with E-state index in [2.05, 4.69) is 4.98 Å². The Balaban J connectivity index is 2.34. The van der Waals surface area contributed by atoms with Crippen LogP contribution in [0.25, 0.3) is 16.9 Å². The number of benzene rings is 1. The van der Waals surface area contributed by atoms with Crippen LogP contribution >= 0.6 is 0 Å². The van der Waals surface area contributed by atoms with Gasteiger partial charge >= 0.3 is 0 Å². The maximum absolute atomic E-state index is 13.0. The van der Waals surface area contributed by atoms with Crippen LogP contribution in [-0.2, 0) is 11.2 Å². The first kappa shape index (κ1) is 6.11. The van der Waals surface area contributed by atoms with E-state index < -0.39 is 68.4 Å². The number of likely N-dealkylation sites (N-methyl/N-ethyl adjacent to an activating group) is 1. The number of carbonyl (C=O) groups excluding carboxylic acids is 1. The van der Waals surface area contributed by atoms with E-state index in [1.807, 2.05) is 0 Å². The Morgan fingerprint density at radius 3 is 2.74 bits per heavy atom. The highest BCUT2D eigenvalue weighted by Gasteiger charge is 2.18. The number of amides is 1. The smallest absolute Gasteiger partial charge is 0.228 e. The molecule has 3 rings (SSSR count). The predicted octanol–water partition coefficient (Wildman–Crippen LogP) is 3.25. The van der Waals surface area contributed by atoms with Gasteiger partial charge in [-0.3, -0.25) is 4.79 Å². The van der Waals surface area contributed by atoms with E-state index in [9.17, 15) is 4.79 Å². The van der Waals surface area contributed by atoms with Gasteiger partial charge in [-0.25, -0.2) is 4.98 Å². The molecule has 118 valence electrons. The van der Waals surface area contributed by atoms with Crippen LogP contribution in [0.4, 0.5) is 0 Å². The van der Waals surface area contributed by atoms with Gasteiger partial charge in [0.15, 0.2) is 0 Å². The Kier molecular flexibility index (Phi) is 1.56. The number of aromatic nitrogens is 2. The standard InChI is InChI=1S/C19H21N3O/c1-13-5-8-15(9-6-13)19-16(11-18(23)21(3)4)22-12-14(2)7-10-17(22)20-19/h5-10,12H,11H2,1-4H3/i1D3,3D3,4D3,5D,6D,8D,9D. The first-order valence-electron chi connectivity index (χ1n) is 13.2. The van der Waals surface area contributed by atoms with Gasteiger partial charge in [-0.15, -0.1) is 0 Å². The molecular weight excluding hydrogens is 286 g/mol. The number of imidazole rings is 1. The maximum atomic E-state index is 13.0. The van der Waals surface area contributed by atoms with Gasteiger partial charge in [-0.2, -0.15) is 0 Å². The summed E-state index contributed by atoms with van der Waals surface area (Å²) in [5.41, 5.74) is -0.630. The summed E-state index contributed by atoms with van der Waals surface area (Å²) in [6.45, 7) is -7.83. The third kappa shape index (κ3) is 2.97. The van der Waals surface area contributed by atoms with Crippen molar-refractivity contribution in [3.63, 3.8) is 0 Å². The molecule has 4 heteroatoms. The lowest BCUT2D eigenvalue weighted by Crippen LogP contribution is -2.24. The maximum Gasteiger partial charge on any atom is 0.228 e.